The maximum Gasteiger partial charge on any atom is 0.416 e. The third-order valence-corrected chi connectivity index (χ3v) is 2.45. The molecule has 0 N–H and O–H groups in total. The van der Waals surface area contributed by atoms with Crippen LogP contribution in [-0.4, -0.2) is 6.26 Å². The molecular weight excluding hydrogens is 197 g/mol. The van der Waals surface area contributed by atoms with Crippen molar-refractivity contribution in [3.63, 3.8) is 0 Å². The Balaban J connectivity index is 3.10. The summed E-state index contributed by atoms with van der Waals surface area (Å²) in [5, 5.41) is 0. The van der Waals surface area contributed by atoms with Gasteiger partial charge in [0.25, 0.3) is 0 Å². The summed E-state index contributed by atoms with van der Waals surface area (Å²) in [5.41, 5.74) is -0.224. The van der Waals surface area contributed by atoms with Crippen LogP contribution >= 0.6 is 11.8 Å². The molecule has 1 aromatic rings. The highest BCUT2D eigenvalue weighted by molar-refractivity contribution is 7.98. The summed E-state index contributed by atoms with van der Waals surface area (Å²) in [5.74, 6) is 0. The minimum atomic E-state index is -4.27. The highest BCUT2D eigenvalue weighted by atomic mass is 32.2. The van der Waals surface area contributed by atoms with Crippen LogP contribution in [-0.2, 0) is 6.18 Å². The molecule has 0 unspecified atom stereocenters. The first kappa shape index (κ1) is 10.4. The summed E-state index contributed by atoms with van der Waals surface area (Å²) < 4.78 is 36.5. The van der Waals surface area contributed by atoms with Crippen molar-refractivity contribution in [2.75, 3.05) is 6.26 Å². The Hall–Kier alpha value is -0.640. The fourth-order valence-electron chi connectivity index (χ4n) is 0.955. The van der Waals surface area contributed by atoms with Gasteiger partial charge in [-0.3, -0.25) is 0 Å². The molecule has 0 saturated heterocycles. The quantitative estimate of drug-likeness (QED) is 0.631. The van der Waals surface area contributed by atoms with E-state index in [4.69, 9.17) is 0 Å². The first-order valence-corrected chi connectivity index (χ1v) is 4.75. The molecule has 0 saturated carbocycles. The van der Waals surface area contributed by atoms with Gasteiger partial charge in [-0.1, -0.05) is 0 Å². The van der Waals surface area contributed by atoms with Crippen LogP contribution in [0.1, 0.15) is 11.1 Å². The zero-order chi connectivity index (χ0) is 10.1. The van der Waals surface area contributed by atoms with Crippen LogP contribution < -0.4 is 0 Å². The minimum Gasteiger partial charge on any atom is -0.166 e. The molecule has 0 nitrogen and oxygen atoms in total. The van der Waals surface area contributed by atoms with E-state index in [-0.39, 0.29) is 0 Å². The summed E-state index contributed by atoms with van der Waals surface area (Å²) in [6.45, 7) is 3.54. The SMILES string of the molecule is [CH2]c1cc(C(F)(F)F)ccc1SC. The fraction of sp³-hybridized carbons (Fsp3) is 0.222. The molecule has 0 aromatic heterocycles. The second-order valence-corrected chi connectivity index (χ2v) is 3.37. The molecule has 0 spiro atoms. The van der Waals surface area contributed by atoms with Gasteiger partial charge >= 0.3 is 6.18 Å². The number of halogens is 3. The number of rotatable bonds is 1. The van der Waals surface area contributed by atoms with Gasteiger partial charge in [-0.25, -0.2) is 0 Å². The average Bonchev–Trinajstić information content (AvgIpc) is 2.02. The molecule has 1 radical (unpaired) electrons. The predicted octanol–water partition coefficient (Wildman–Crippen LogP) is 3.61. The van der Waals surface area contributed by atoms with Crippen LogP contribution in [0.3, 0.4) is 0 Å². The molecule has 0 atom stereocenters. The van der Waals surface area contributed by atoms with Crippen LogP contribution in [0.2, 0.25) is 0 Å². The van der Waals surface area contributed by atoms with Crippen LogP contribution in [0.5, 0.6) is 0 Å². The number of thioether (sulfide) groups is 1. The summed E-state index contributed by atoms with van der Waals surface area (Å²) >= 11 is 1.38. The maximum atomic E-state index is 12.2. The minimum absolute atomic E-state index is 0.419. The Labute approximate surface area is 79.1 Å². The summed E-state index contributed by atoms with van der Waals surface area (Å²) in [7, 11) is 0. The molecule has 13 heavy (non-hydrogen) atoms. The molecule has 0 heterocycles. The largest absolute Gasteiger partial charge is 0.416 e. The highest BCUT2D eigenvalue weighted by Crippen LogP contribution is 2.32. The third kappa shape index (κ3) is 2.40. The Morgan fingerprint density at radius 1 is 1.31 bits per heavy atom. The first-order valence-electron chi connectivity index (χ1n) is 3.52. The smallest absolute Gasteiger partial charge is 0.166 e. The van der Waals surface area contributed by atoms with Crippen molar-refractivity contribution in [3.05, 3.63) is 36.2 Å². The Morgan fingerprint density at radius 2 is 1.92 bits per heavy atom. The fourth-order valence-corrected chi connectivity index (χ4v) is 1.48. The topological polar surface area (TPSA) is 0 Å². The third-order valence-electron chi connectivity index (χ3n) is 1.61. The second-order valence-electron chi connectivity index (χ2n) is 2.52. The van der Waals surface area contributed by atoms with Gasteiger partial charge in [-0.15, -0.1) is 11.8 Å². The van der Waals surface area contributed by atoms with Crippen molar-refractivity contribution in [1.82, 2.24) is 0 Å². The van der Waals surface area contributed by atoms with Gasteiger partial charge in [-0.2, -0.15) is 13.2 Å². The van der Waals surface area contributed by atoms with Gasteiger partial charge in [0.2, 0.25) is 0 Å². The summed E-state index contributed by atoms with van der Waals surface area (Å²) in [4.78, 5) is 0.771. The molecule has 0 aliphatic heterocycles. The van der Waals surface area contributed by atoms with E-state index in [1.54, 1.807) is 6.26 Å². The lowest BCUT2D eigenvalue weighted by Gasteiger charge is -2.09. The zero-order valence-corrected chi connectivity index (χ0v) is 7.80. The normalized spacial score (nSPS) is 11.8. The summed E-state index contributed by atoms with van der Waals surface area (Å²) in [6.07, 6.45) is -2.47. The molecule has 0 bridgehead atoms. The average molecular weight is 205 g/mol. The Kier molecular flexibility index (Phi) is 2.91. The van der Waals surface area contributed by atoms with E-state index in [1.807, 2.05) is 0 Å². The van der Waals surface area contributed by atoms with Crippen molar-refractivity contribution in [1.29, 1.82) is 0 Å². The molecule has 1 aromatic carbocycles. The predicted molar refractivity (Wildman–Crippen MR) is 47.7 cm³/mol. The van der Waals surface area contributed by atoms with Crippen molar-refractivity contribution >= 4 is 11.8 Å². The van der Waals surface area contributed by atoms with Crippen molar-refractivity contribution in [2.24, 2.45) is 0 Å². The van der Waals surface area contributed by atoms with E-state index < -0.39 is 11.7 Å². The molecular formula is C9H8F3S. The lowest BCUT2D eigenvalue weighted by molar-refractivity contribution is -0.137. The standard InChI is InChI=1S/C9H8F3S/c1-6-5-7(9(10,11)12)3-4-8(6)13-2/h3-5H,1H2,2H3. The Bertz CT molecular complexity index is 304. The van der Waals surface area contributed by atoms with E-state index in [9.17, 15) is 13.2 Å². The highest BCUT2D eigenvalue weighted by Gasteiger charge is 2.30. The van der Waals surface area contributed by atoms with E-state index in [1.165, 1.54) is 17.8 Å². The van der Waals surface area contributed by atoms with Gasteiger partial charge in [0.15, 0.2) is 0 Å². The molecule has 71 valence electrons. The zero-order valence-electron chi connectivity index (χ0n) is 6.98. The second kappa shape index (κ2) is 3.62. The number of hydrogen-bond acceptors (Lipinski definition) is 1. The lowest BCUT2D eigenvalue weighted by Crippen LogP contribution is -2.04. The van der Waals surface area contributed by atoms with Gasteiger partial charge < -0.3 is 0 Å². The van der Waals surface area contributed by atoms with Crippen LogP contribution in [0.15, 0.2) is 23.1 Å². The van der Waals surface area contributed by atoms with E-state index in [2.05, 4.69) is 6.92 Å². The van der Waals surface area contributed by atoms with Gasteiger partial charge in [0.1, 0.15) is 0 Å². The molecule has 1 rings (SSSR count). The lowest BCUT2D eigenvalue weighted by atomic mass is 10.1. The number of hydrogen-bond donors (Lipinski definition) is 0. The molecule has 0 amide bonds. The first-order chi connectivity index (χ1) is 5.95. The van der Waals surface area contributed by atoms with E-state index >= 15 is 0 Å². The van der Waals surface area contributed by atoms with Crippen molar-refractivity contribution in [3.8, 4) is 0 Å². The monoisotopic (exact) mass is 205 g/mol. The maximum absolute atomic E-state index is 12.2. The molecule has 0 fully saturated rings. The number of alkyl halides is 3. The van der Waals surface area contributed by atoms with Crippen molar-refractivity contribution in [2.45, 2.75) is 11.1 Å². The summed E-state index contributed by atoms with van der Waals surface area (Å²) in [6, 6.07) is 3.57. The van der Waals surface area contributed by atoms with Crippen LogP contribution in [0, 0.1) is 6.92 Å². The molecule has 4 heteroatoms. The van der Waals surface area contributed by atoms with Crippen molar-refractivity contribution < 1.29 is 13.2 Å². The van der Waals surface area contributed by atoms with E-state index in [0.717, 1.165) is 17.0 Å². The van der Waals surface area contributed by atoms with Gasteiger partial charge in [0, 0.05) is 4.90 Å². The number of benzene rings is 1. The molecule has 0 aliphatic carbocycles. The Morgan fingerprint density at radius 3 is 2.31 bits per heavy atom. The van der Waals surface area contributed by atoms with Gasteiger partial charge in [0.05, 0.1) is 5.56 Å². The van der Waals surface area contributed by atoms with Crippen LogP contribution in [0.25, 0.3) is 0 Å². The van der Waals surface area contributed by atoms with E-state index in [0.29, 0.717) is 5.56 Å². The van der Waals surface area contributed by atoms with Gasteiger partial charge in [-0.05, 0) is 36.9 Å². The van der Waals surface area contributed by atoms with Crippen LogP contribution in [0.4, 0.5) is 13.2 Å². The molecule has 0 aliphatic rings.